The maximum atomic E-state index is 12.9. The fraction of sp³-hybridized carbons (Fsp3) is 0.458. The highest BCUT2D eigenvalue weighted by Gasteiger charge is 2.28. The largest absolute Gasteiger partial charge is 0.349 e. The van der Waals surface area contributed by atoms with Crippen LogP contribution in [0.2, 0.25) is 0 Å². The first-order valence-electron chi connectivity index (χ1n) is 10.4. The Bertz CT molecular complexity index is 792. The second kappa shape index (κ2) is 8.26. The van der Waals surface area contributed by atoms with E-state index in [-0.39, 0.29) is 17.9 Å². The molecular formula is C24H30N2O. The van der Waals surface area contributed by atoms with Crippen LogP contribution in [-0.2, 0) is 17.8 Å². The van der Waals surface area contributed by atoms with Crippen molar-refractivity contribution in [3.8, 4) is 0 Å². The van der Waals surface area contributed by atoms with E-state index in [2.05, 4.69) is 65.7 Å². The third-order valence-electron chi connectivity index (χ3n) is 6.30. The van der Waals surface area contributed by atoms with Crippen molar-refractivity contribution in [1.82, 2.24) is 10.2 Å². The zero-order chi connectivity index (χ0) is 18.6. The molecule has 0 aromatic heterocycles. The molecule has 1 fully saturated rings. The van der Waals surface area contributed by atoms with Crippen LogP contribution >= 0.6 is 0 Å². The third kappa shape index (κ3) is 4.24. The third-order valence-corrected chi connectivity index (χ3v) is 6.30. The first kappa shape index (κ1) is 18.2. The molecule has 3 nitrogen and oxygen atoms in total. The topological polar surface area (TPSA) is 32.3 Å². The lowest BCUT2D eigenvalue weighted by molar-refractivity contribution is -0.127. The van der Waals surface area contributed by atoms with Crippen molar-refractivity contribution in [2.75, 3.05) is 13.1 Å². The van der Waals surface area contributed by atoms with Gasteiger partial charge in [0.25, 0.3) is 0 Å². The SMILES string of the molecule is Cc1ccccc1CN1CCC(C(=O)NC2CCCc3ccccc32)CC1. The summed E-state index contributed by atoms with van der Waals surface area (Å²) in [5.41, 5.74) is 5.49. The fourth-order valence-corrected chi connectivity index (χ4v) is 4.58. The van der Waals surface area contributed by atoms with Crippen LogP contribution in [0, 0.1) is 12.8 Å². The van der Waals surface area contributed by atoms with E-state index in [1.165, 1.54) is 22.3 Å². The normalized spacial score (nSPS) is 20.9. The number of benzene rings is 2. The number of rotatable bonds is 4. The van der Waals surface area contributed by atoms with Gasteiger partial charge in [-0.15, -0.1) is 0 Å². The quantitative estimate of drug-likeness (QED) is 0.874. The van der Waals surface area contributed by atoms with Crippen molar-refractivity contribution in [3.63, 3.8) is 0 Å². The van der Waals surface area contributed by atoms with Gasteiger partial charge in [0.2, 0.25) is 5.91 Å². The number of carbonyl (C=O) groups excluding carboxylic acids is 1. The summed E-state index contributed by atoms with van der Waals surface area (Å²) in [6.07, 6.45) is 5.30. The highest BCUT2D eigenvalue weighted by atomic mass is 16.1. The van der Waals surface area contributed by atoms with Gasteiger partial charge in [0.1, 0.15) is 0 Å². The summed E-state index contributed by atoms with van der Waals surface area (Å²) < 4.78 is 0. The van der Waals surface area contributed by atoms with Gasteiger partial charge in [-0.05, 0) is 74.4 Å². The summed E-state index contributed by atoms with van der Waals surface area (Å²) in [4.78, 5) is 15.4. The summed E-state index contributed by atoms with van der Waals surface area (Å²) in [6, 6.07) is 17.4. The molecule has 1 aliphatic carbocycles. The number of hydrogen-bond acceptors (Lipinski definition) is 2. The number of likely N-dealkylation sites (tertiary alicyclic amines) is 1. The molecule has 3 heteroatoms. The molecule has 142 valence electrons. The minimum atomic E-state index is 0.159. The van der Waals surface area contributed by atoms with Gasteiger partial charge < -0.3 is 5.32 Å². The van der Waals surface area contributed by atoms with Gasteiger partial charge in [-0.3, -0.25) is 9.69 Å². The molecule has 0 bridgehead atoms. The molecule has 0 radical (unpaired) electrons. The van der Waals surface area contributed by atoms with Crippen LogP contribution in [0.3, 0.4) is 0 Å². The highest BCUT2D eigenvalue weighted by Crippen LogP contribution is 2.30. The Hall–Kier alpha value is -2.13. The molecule has 0 saturated carbocycles. The lowest BCUT2D eigenvalue weighted by Crippen LogP contribution is -2.41. The second-order valence-electron chi connectivity index (χ2n) is 8.13. The van der Waals surface area contributed by atoms with E-state index < -0.39 is 0 Å². The molecule has 1 amide bonds. The predicted octanol–water partition coefficient (Wildman–Crippen LogP) is 4.40. The molecular weight excluding hydrogens is 332 g/mol. The molecule has 1 unspecified atom stereocenters. The Balaban J connectivity index is 1.31. The van der Waals surface area contributed by atoms with Gasteiger partial charge in [-0.25, -0.2) is 0 Å². The molecule has 2 aromatic carbocycles. The lowest BCUT2D eigenvalue weighted by atomic mass is 9.87. The zero-order valence-corrected chi connectivity index (χ0v) is 16.3. The van der Waals surface area contributed by atoms with Crippen LogP contribution in [0.1, 0.15) is 54.0 Å². The van der Waals surface area contributed by atoms with E-state index in [1.54, 1.807) is 0 Å². The predicted molar refractivity (Wildman–Crippen MR) is 109 cm³/mol. The van der Waals surface area contributed by atoms with Crippen LogP contribution in [0.25, 0.3) is 0 Å². The number of carbonyl (C=O) groups is 1. The van der Waals surface area contributed by atoms with Crippen molar-refractivity contribution in [2.24, 2.45) is 5.92 Å². The molecule has 1 saturated heterocycles. The standard InChI is InChI=1S/C24H30N2O/c1-18-7-2-3-9-21(18)17-26-15-13-20(14-16-26)24(27)25-23-12-6-10-19-8-4-5-11-22(19)23/h2-5,7-9,11,20,23H,6,10,12-17H2,1H3,(H,25,27). The smallest absolute Gasteiger partial charge is 0.223 e. The molecule has 1 aliphatic heterocycles. The van der Waals surface area contributed by atoms with Gasteiger partial charge in [0.05, 0.1) is 6.04 Å². The van der Waals surface area contributed by atoms with Gasteiger partial charge in [0.15, 0.2) is 0 Å². The molecule has 27 heavy (non-hydrogen) atoms. The summed E-state index contributed by atoms with van der Waals surface area (Å²) in [5, 5.41) is 3.36. The van der Waals surface area contributed by atoms with E-state index >= 15 is 0 Å². The zero-order valence-electron chi connectivity index (χ0n) is 16.3. The van der Waals surface area contributed by atoms with E-state index in [4.69, 9.17) is 0 Å². The van der Waals surface area contributed by atoms with E-state index in [0.717, 1.165) is 51.7 Å². The lowest BCUT2D eigenvalue weighted by Gasteiger charge is -2.33. The molecule has 2 aliphatic rings. The number of piperidine rings is 1. The average Bonchev–Trinajstić information content (AvgIpc) is 2.70. The molecule has 2 aromatic rings. The van der Waals surface area contributed by atoms with Gasteiger partial charge in [0, 0.05) is 12.5 Å². The van der Waals surface area contributed by atoms with Gasteiger partial charge >= 0.3 is 0 Å². The molecule has 1 N–H and O–H groups in total. The molecule has 1 atom stereocenters. The summed E-state index contributed by atoms with van der Waals surface area (Å²) in [7, 11) is 0. The fourth-order valence-electron chi connectivity index (χ4n) is 4.58. The van der Waals surface area contributed by atoms with Crippen LogP contribution in [-0.4, -0.2) is 23.9 Å². The highest BCUT2D eigenvalue weighted by molar-refractivity contribution is 5.79. The first-order valence-corrected chi connectivity index (χ1v) is 10.4. The minimum Gasteiger partial charge on any atom is -0.349 e. The Kier molecular flexibility index (Phi) is 5.58. The summed E-state index contributed by atoms with van der Waals surface area (Å²) in [6.45, 7) is 5.19. The second-order valence-corrected chi connectivity index (χ2v) is 8.13. The number of amides is 1. The van der Waals surface area contributed by atoms with E-state index in [0.29, 0.717) is 0 Å². The van der Waals surface area contributed by atoms with Crippen LogP contribution in [0.4, 0.5) is 0 Å². The van der Waals surface area contributed by atoms with Crippen molar-refractivity contribution in [3.05, 3.63) is 70.8 Å². The van der Waals surface area contributed by atoms with Crippen LogP contribution in [0.15, 0.2) is 48.5 Å². The maximum absolute atomic E-state index is 12.9. The first-order chi connectivity index (χ1) is 13.2. The molecule has 1 heterocycles. The number of nitrogens with one attached hydrogen (secondary N) is 1. The number of hydrogen-bond donors (Lipinski definition) is 1. The maximum Gasteiger partial charge on any atom is 0.223 e. The Labute approximate surface area is 162 Å². The van der Waals surface area contributed by atoms with Gasteiger partial charge in [-0.1, -0.05) is 48.5 Å². The number of aryl methyl sites for hydroxylation is 2. The Morgan fingerprint density at radius 2 is 1.78 bits per heavy atom. The molecule has 0 spiro atoms. The number of fused-ring (bicyclic) bond motifs is 1. The summed E-state index contributed by atoms with van der Waals surface area (Å²) >= 11 is 0. The van der Waals surface area contributed by atoms with Gasteiger partial charge in [-0.2, -0.15) is 0 Å². The molecule has 4 rings (SSSR count). The summed E-state index contributed by atoms with van der Waals surface area (Å²) in [5.74, 6) is 0.416. The number of nitrogens with zero attached hydrogens (tertiary/aromatic N) is 1. The van der Waals surface area contributed by atoms with Crippen LogP contribution in [0.5, 0.6) is 0 Å². The van der Waals surface area contributed by atoms with E-state index in [9.17, 15) is 4.79 Å². The van der Waals surface area contributed by atoms with Crippen LogP contribution < -0.4 is 5.32 Å². The van der Waals surface area contributed by atoms with Crippen molar-refractivity contribution in [2.45, 2.75) is 51.6 Å². The van der Waals surface area contributed by atoms with Crippen molar-refractivity contribution >= 4 is 5.91 Å². The van der Waals surface area contributed by atoms with Crippen molar-refractivity contribution < 1.29 is 4.79 Å². The Morgan fingerprint density at radius 1 is 1.04 bits per heavy atom. The Morgan fingerprint density at radius 3 is 2.59 bits per heavy atom. The van der Waals surface area contributed by atoms with E-state index in [1.807, 2.05) is 0 Å². The monoisotopic (exact) mass is 362 g/mol. The average molecular weight is 363 g/mol. The minimum absolute atomic E-state index is 0.159. The van der Waals surface area contributed by atoms with Crippen molar-refractivity contribution in [1.29, 1.82) is 0 Å².